The number of ketones is 1. The number of likely N-dealkylation sites (N-methyl/N-ethyl adjacent to an activating group) is 1. The maximum atomic E-state index is 13.5. The minimum Gasteiger partial charge on any atom is -0.445 e. The number of ether oxygens (including phenoxy) is 1. The second-order valence-corrected chi connectivity index (χ2v) is 9.63. The van der Waals surface area contributed by atoms with Gasteiger partial charge in [0.05, 0.1) is 6.04 Å². The number of amides is 3. The van der Waals surface area contributed by atoms with Crippen molar-refractivity contribution < 1.29 is 28.3 Å². The highest BCUT2D eigenvalue weighted by Gasteiger charge is 2.41. The number of aliphatic imine (C=N–C) groups is 1. The summed E-state index contributed by atoms with van der Waals surface area (Å²) in [5, 5.41) is 2.63. The normalized spacial score (nSPS) is 16.4. The molecule has 3 amide bonds. The monoisotopic (exact) mass is 534 g/mol. The first-order chi connectivity index (χ1) is 18.1. The van der Waals surface area contributed by atoms with Crippen LogP contribution >= 0.6 is 0 Å². The summed E-state index contributed by atoms with van der Waals surface area (Å²) < 4.78 is 18.6. The highest BCUT2D eigenvalue weighted by atomic mass is 19.1. The first-order valence-corrected chi connectivity index (χ1v) is 12.7. The number of hydrogen-bond donors (Lipinski definition) is 3. The van der Waals surface area contributed by atoms with Crippen LogP contribution in [0.4, 0.5) is 9.18 Å². The lowest BCUT2D eigenvalue weighted by Gasteiger charge is -2.34. The number of hydrogen-bond acceptors (Lipinski definition) is 6. The molecule has 3 unspecified atom stereocenters. The van der Waals surface area contributed by atoms with Gasteiger partial charge in [-0.1, -0.05) is 44.2 Å². The third-order valence-corrected chi connectivity index (χ3v) is 6.49. The Labute approximate surface area is 222 Å². The summed E-state index contributed by atoms with van der Waals surface area (Å²) >= 11 is 0. The molecule has 0 spiro atoms. The molecule has 3 atom stereocenters. The number of carbonyl (C=O) groups excluding carboxylic acids is 4. The highest BCUT2D eigenvalue weighted by molar-refractivity contribution is 5.95. The lowest BCUT2D eigenvalue weighted by molar-refractivity contribution is -0.147. The molecule has 1 fully saturated rings. The molecule has 1 saturated heterocycles. The smallest absolute Gasteiger partial charge is 0.408 e. The van der Waals surface area contributed by atoms with Crippen LogP contribution in [0.5, 0.6) is 0 Å². The number of Topliss-reactive ketones (excluding diaryl/α,β-unsaturated/α-hetero) is 1. The fourth-order valence-electron chi connectivity index (χ4n) is 4.41. The van der Waals surface area contributed by atoms with Gasteiger partial charge in [-0.25, -0.2) is 9.18 Å². The fourth-order valence-corrected chi connectivity index (χ4v) is 4.41. The Hall–Kier alpha value is -3.70. The number of alkyl halides is 1. The van der Waals surface area contributed by atoms with Gasteiger partial charge < -0.3 is 31.3 Å². The van der Waals surface area contributed by atoms with E-state index in [2.05, 4.69) is 10.3 Å². The summed E-state index contributed by atoms with van der Waals surface area (Å²) in [6.07, 6.45) is 0.762. The number of likely N-dealkylation sites (tertiary alicyclic amines) is 1. The number of rotatable bonds is 13. The van der Waals surface area contributed by atoms with Gasteiger partial charge in [0.2, 0.25) is 11.8 Å². The van der Waals surface area contributed by atoms with Crippen molar-refractivity contribution in [1.29, 1.82) is 0 Å². The summed E-state index contributed by atoms with van der Waals surface area (Å²) in [4.78, 5) is 58.2. The van der Waals surface area contributed by atoms with Gasteiger partial charge in [-0.15, -0.1) is 0 Å². The molecule has 0 saturated carbocycles. The molecule has 1 aliphatic heterocycles. The molecule has 0 radical (unpaired) electrons. The summed E-state index contributed by atoms with van der Waals surface area (Å²) in [7, 11) is 1.43. The number of nitrogens with zero attached hydrogens (tertiary/aromatic N) is 3. The number of guanidine groups is 1. The van der Waals surface area contributed by atoms with Crippen LogP contribution in [0.1, 0.15) is 45.1 Å². The van der Waals surface area contributed by atoms with Crippen LogP contribution in [0.15, 0.2) is 35.3 Å². The molecule has 1 heterocycles. The minimum atomic E-state index is -1.22. The minimum absolute atomic E-state index is 0.0501. The van der Waals surface area contributed by atoms with E-state index in [0.717, 1.165) is 5.56 Å². The molecule has 2 rings (SSSR count). The van der Waals surface area contributed by atoms with E-state index < -0.39 is 48.5 Å². The molecule has 0 aliphatic carbocycles. The Bertz CT molecular complexity index is 986. The van der Waals surface area contributed by atoms with Crippen LogP contribution in [0.25, 0.3) is 0 Å². The second-order valence-electron chi connectivity index (χ2n) is 9.63. The van der Waals surface area contributed by atoms with Crippen LogP contribution < -0.4 is 16.8 Å². The van der Waals surface area contributed by atoms with Gasteiger partial charge >= 0.3 is 6.09 Å². The molecule has 38 heavy (non-hydrogen) atoms. The van der Waals surface area contributed by atoms with Crippen molar-refractivity contribution in [3.05, 3.63) is 35.9 Å². The van der Waals surface area contributed by atoms with Crippen LogP contribution in [0.3, 0.4) is 0 Å². The van der Waals surface area contributed by atoms with E-state index in [1.54, 1.807) is 13.8 Å². The summed E-state index contributed by atoms with van der Waals surface area (Å²) in [5.74, 6) is -1.98. The molecule has 1 aliphatic rings. The lowest BCUT2D eigenvalue weighted by atomic mass is 10.0. The molecular weight excluding hydrogens is 495 g/mol. The van der Waals surface area contributed by atoms with Gasteiger partial charge in [-0.05, 0) is 37.2 Å². The van der Waals surface area contributed by atoms with Gasteiger partial charge in [-0.3, -0.25) is 19.4 Å². The maximum absolute atomic E-state index is 13.5. The van der Waals surface area contributed by atoms with E-state index in [4.69, 9.17) is 16.2 Å². The molecule has 12 heteroatoms. The molecule has 1 aromatic rings. The quantitative estimate of drug-likeness (QED) is 0.196. The first kappa shape index (κ1) is 30.5. The van der Waals surface area contributed by atoms with E-state index in [9.17, 15) is 23.6 Å². The molecule has 11 nitrogen and oxygen atoms in total. The summed E-state index contributed by atoms with van der Waals surface area (Å²) in [5.41, 5.74) is 11.4. The zero-order valence-electron chi connectivity index (χ0n) is 22.3. The number of nitrogens with one attached hydrogen (secondary N) is 1. The SMILES string of the molecule is CC(C)C(NC(=O)OCc1ccccc1)C(=O)N1CCCC1C(=O)N(C)C(CCCN=C(N)N)C(=O)CF. The second kappa shape index (κ2) is 14.9. The van der Waals surface area contributed by atoms with E-state index in [1.165, 1.54) is 16.8 Å². The Morgan fingerprint density at radius 1 is 1.21 bits per heavy atom. The van der Waals surface area contributed by atoms with E-state index in [0.29, 0.717) is 25.8 Å². The summed E-state index contributed by atoms with van der Waals surface area (Å²) in [6, 6.07) is 6.39. The number of carbonyl (C=O) groups is 4. The van der Waals surface area contributed by atoms with Crippen LogP contribution in [0, 0.1) is 5.92 Å². The number of halogens is 1. The Morgan fingerprint density at radius 3 is 2.50 bits per heavy atom. The maximum Gasteiger partial charge on any atom is 0.408 e. The lowest BCUT2D eigenvalue weighted by Crippen LogP contribution is -2.57. The average Bonchev–Trinajstić information content (AvgIpc) is 3.39. The Morgan fingerprint density at radius 2 is 1.89 bits per heavy atom. The topological polar surface area (TPSA) is 160 Å². The molecule has 5 N–H and O–H groups in total. The predicted molar refractivity (Wildman–Crippen MR) is 141 cm³/mol. The van der Waals surface area contributed by atoms with Crippen molar-refractivity contribution in [2.75, 3.05) is 26.8 Å². The predicted octanol–water partition coefficient (Wildman–Crippen LogP) is 1.35. The van der Waals surface area contributed by atoms with Crippen molar-refractivity contribution in [1.82, 2.24) is 15.1 Å². The highest BCUT2D eigenvalue weighted by Crippen LogP contribution is 2.23. The van der Waals surface area contributed by atoms with Crippen molar-refractivity contribution in [2.45, 2.75) is 64.3 Å². The van der Waals surface area contributed by atoms with Crippen molar-refractivity contribution in [3.63, 3.8) is 0 Å². The fraction of sp³-hybridized carbons (Fsp3) is 0.577. The third-order valence-electron chi connectivity index (χ3n) is 6.49. The molecule has 0 aromatic heterocycles. The van der Waals surface area contributed by atoms with Gasteiger partial charge in [0.15, 0.2) is 11.7 Å². The van der Waals surface area contributed by atoms with Gasteiger partial charge in [0.1, 0.15) is 25.4 Å². The molecule has 0 bridgehead atoms. The third kappa shape index (κ3) is 8.70. The molecular formula is C26H39FN6O5. The standard InChI is InChI=1S/C26H39FN6O5/c1-17(2)22(31-26(37)38-16-18-9-5-4-6-10-18)24(36)33-14-8-12-20(33)23(35)32(3)19(21(34)15-27)11-7-13-30-25(28)29/h4-6,9-10,17,19-20,22H,7-8,11-16H2,1-3H3,(H,31,37)(H4,28,29,30). The zero-order valence-corrected chi connectivity index (χ0v) is 22.3. The largest absolute Gasteiger partial charge is 0.445 e. The van der Waals surface area contributed by atoms with Gasteiger partial charge in [-0.2, -0.15) is 0 Å². The first-order valence-electron chi connectivity index (χ1n) is 12.7. The van der Waals surface area contributed by atoms with Crippen molar-refractivity contribution in [3.8, 4) is 0 Å². The van der Waals surface area contributed by atoms with Crippen molar-refractivity contribution in [2.24, 2.45) is 22.4 Å². The Balaban J connectivity index is 2.08. The van der Waals surface area contributed by atoms with E-state index >= 15 is 0 Å². The van der Waals surface area contributed by atoms with Crippen molar-refractivity contribution >= 4 is 29.7 Å². The van der Waals surface area contributed by atoms with Crippen LogP contribution in [0.2, 0.25) is 0 Å². The number of benzene rings is 1. The van der Waals surface area contributed by atoms with Gasteiger partial charge in [0.25, 0.3) is 0 Å². The average molecular weight is 535 g/mol. The number of alkyl carbamates (subject to hydrolysis) is 1. The Kier molecular flexibility index (Phi) is 12.0. The van der Waals surface area contributed by atoms with Gasteiger partial charge in [0, 0.05) is 20.1 Å². The molecule has 210 valence electrons. The number of nitrogens with two attached hydrogens (primary N) is 2. The van der Waals surface area contributed by atoms with Crippen LogP contribution in [-0.2, 0) is 25.7 Å². The van der Waals surface area contributed by atoms with E-state index in [1.807, 2.05) is 30.3 Å². The van der Waals surface area contributed by atoms with Crippen LogP contribution in [-0.4, -0.2) is 84.4 Å². The van der Waals surface area contributed by atoms with E-state index in [-0.39, 0.29) is 31.4 Å². The summed E-state index contributed by atoms with van der Waals surface area (Å²) in [6.45, 7) is 2.95. The molecule has 1 aromatic carbocycles. The zero-order chi connectivity index (χ0) is 28.2.